The van der Waals surface area contributed by atoms with Crippen LogP contribution in [0.25, 0.3) is 0 Å². The van der Waals surface area contributed by atoms with Gasteiger partial charge in [0.1, 0.15) is 5.75 Å². The fraction of sp³-hybridized carbons (Fsp3) is 0.500. The minimum Gasteiger partial charge on any atom is -0.492 e. The Hall–Kier alpha value is -0.340. The standard InChI is InChI=1S/C12H17ClOS/c1-2-3-4-5-8-14-12-7-6-10(15)9-11(12)13/h6-7,9,15H,2-5,8H2,1H3. The van der Waals surface area contributed by atoms with Crippen molar-refractivity contribution in [2.24, 2.45) is 0 Å². The van der Waals surface area contributed by atoms with Crippen molar-refractivity contribution in [3.63, 3.8) is 0 Å². The van der Waals surface area contributed by atoms with E-state index in [4.69, 9.17) is 16.3 Å². The van der Waals surface area contributed by atoms with Crippen molar-refractivity contribution in [2.45, 2.75) is 37.5 Å². The quantitative estimate of drug-likeness (QED) is 0.569. The van der Waals surface area contributed by atoms with Crippen LogP contribution in [-0.2, 0) is 0 Å². The maximum absolute atomic E-state index is 6.00. The van der Waals surface area contributed by atoms with E-state index in [1.165, 1.54) is 19.3 Å². The highest BCUT2D eigenvalue weighted by atomic mass is 35.5. The molecule has 0 saturated heterocycles. The number of benzene rings is 1. The molecule has 3 heteroatoms. The molecule has 0 amide bonds. The van der Waals surface area contributed by atoms with Crippen molar-refractivity contribution in [1.29, 1.82) is 0 Å². The summed E-state index contributed by atoms with van der Waals surface area (Å²) in [6, 6.07) is 5.55. The summed E-state index contributed by atoms with van der Waals surface area (Å²) < 4.78 is 5.57. The molecule has 0 aliphatic heterocycles. The molecule has 0 radical (unpaired) electrons. The van der Waals surface area contributed by atoms with Crippen molar-refractivity contribution < 1.29 is 4.74 Å². The maximum atomic E-state index is 6.00. The van der Waals surface area contributed by atoms with Gasteiger partial charge in [-0.15, -0.1) is 12.6 Å². The first-order valence-electron chi connectivity index (χ1n) is 5.35. The minimum absolute atomic E-state index is 0.637. The third-order valence-corrected chi connectivity index (χ3v) is 2.74. The highest BCUT2D eigenvalue weighted by molar-refractivity contribution is 7.80. The van der Waals surface area contributed by atoms with Crippen LogP contribution in [0.1, 0.15) is 32.6 Å². The second-order valence-electron chi connectivity index (χ2n) is 3.52. The van der Waals surface area contributed by atoms with E-state index in [1.54, 1.807) is 6.07 Å². The zero-order chi connectivity index (χ0) is 11.1. The fourth-order valence-corrected chi connectivity index (χ4v) is 1.83. The molecular weight excluding hydrogens is 228 g/mol. The van der Waals surface area contributed by atoms with Gasteiger partial charge < -0.3 is 4.74 Å². The van der Waals surface area contributed by atoms with Crippen LogP contribution < -0.4 is 4.74 Å². The van der Waals surface area contributed by atoms with E-state index in [9.17, 15) is 0 Å². The number of unbranched alkanes of at least 4 members (excludes halogenated alkanes) is 3. The second kappa shape index (κ2) is 7.02. The third-order valence-electron chi connectivity index (χ3n) is 2.17. The monoisotopic (exact) mass is 244 g/mol. The van der Waals surface area contributed by atoms with Gasteiger partial charge in [-0.3, -0.25) is 0 Å². The highest BCUT2D eigenvalue weighted by Crippen LogP contribution is 2.26. The average Bonchev–Trinajstić information content (AvgIpc) is 2.20. The van der Waals surface area contributed by atoms with E-state index in [2.05, 4.69) is 19.6 Å². The molecule has 1 nitrogen and oxygen atoms in total. The van der Waals surface area contributed by atoms with Crippen LogP contribution in [0.5, 0.6) is 5.75 Å². The lowest BCUT2D eigenvalue weighted by Crippen LogP contribution is -1.97. The Balaban J connectivity index is 2.31. The smallest absolute Gasteiger partial charge is 0.137 e. The van der Waals surface area contributed by atoms with Crippen LogP contribution in [0.3, 0.4) is 0 Å². The normalized spacial score (nSPS) is 10.3. The number of hydrogen-bond acceptors (Lipinski definition) is 2. The van der Waals surface area contributed by atoms with Gasteiger partial charge in [0.15, 0.2) is 0 Å². The van der Waals surface area contributed by atoms with E-state index >= 15 is 0 Å². The fourth-order valence-electron chi connectivity index (χ4n) is 1.32. The molecule has 0 spiro atoms. The van der Waals surface area contributed by atoms with Gasteiger partial charge in [-0.25, -0.2) is 0 Å². The van der Waals surface area contributed by atoms with E-state index in [0.717, 1.165) is 23.7 Å². The van der Waals surface area contributed by atoms with Gasteiger partial charge in [0.25, 0.3) is 0 Å². The molecular formula is C12H17ClOS. The van der Waals surface area contributed by atoms with Crippen LogP contribution in [0, 0.1) is 0 Å². The Bertz CT molecular complexity index is 302. The summed E-state index contributed by atoms with van der Waals surface area (Å²) >= 11 is 10.2. The zero-order valence-corrected chi connectivity index (χ0v) is 10.7. The van der Waals surface area contributed by atoms with Gasteiger partial charge >= 0.3 is 0 Å². The second-order valence-corrected chi connectivity index (χ2v) is 4.45. The van der Waals surface area contributed by atoms with E-state index in [0.29, 0.717) is 5.02 Å². The highest BCUT2D eigenvalue weighted by Gasteiger charge is 2.00. The average molecular weight is 245 g/mol. The van der Waals surface area contributed by atoms with Crippen LogP contribution in [0.4, 0.5) is 0 Å². The van der Waals surface area contributed by atoms with E-state index in [1.807, 2.05) is 12.1 Å². The Kier molecular flexibility index (Phi) is 5.96. The molecule has 0 unspecified atom stereocenters. The molecule has 0 N–H and O–H groups in total. The van der Waals surface area contributed by atoms with Gasteiger partial charge in [-0.05, 0) is 24.6 Å². The molecule has 1 rings (SSSR count). The summed E-state index contributed by atoms with van der Waals surface area (Å²) in [5.74, 6) is 0.756. The molecule has 0 atom stereocenters. The molecule has 1 aromatic rings. The molecule has 0 aliphatic rings. The van der Waals surface area contributed by atoms with Gasteiger partial charge in [-0.2, -0.15) is 0 Å². The number of hydrogen-bond donors (Lipinski definition) is 1. The van der Waals surface area contributed by atoms with Crippen LogP contribution in [0.2, 0.25) is 5.02 Å². The largest absolute Gasteiger partial charge is 0.492 e. The lowest BCUT2D eigenvalue weighted by Gasteiger charge is -2.07. The van der Waals surface area contributed by atoms with Crippen molar-refractivity contribution in [3.8, 4) is 5.75 Å². The first-order valence-corrected chi connectivity index (χ1v) is 6.18. The summed E-state index contributed by atoms with van der Waals surface area (Å²) in [4.78, 5) is 0.860. The summed E-state index contributed by atoms with van der Waals surface area (Å²) in [6.07, 6.45) is 4.83. The van der Waals surface area contributed by atoms with Crippen LogP contribution in [-0.4, -0.2) is 6.61 Å². The summed E-state index contributed by atoms with van der Waals surface area (Å²) in [6.45, 7) is 2.94. The van der Waals surface area contributed by atoms with Gasteiger partial charge in [0.05, 0.1) is 11.6 Å². The number of halogens is 1. The van der Waals surface area contributed by atoms with Crippen molar-refractivity contribution in [2.75, 3.05) is 6.61 Å². The SMILES string of the molecule is CCCCCCOc1ccc(S)cc1Cl. The predicted molar refractivity (Wildman–Crippen MR) is 68.3 cm³/mol. The molecule has 0 aliphatic carbocycles. The van der Waals surface area contributed by atoms with Crippen molar-refractivity contribution >= 4 is 24.2 Å². The van der Waals surface area contributed by atoms with E-state index in [-0.39, 0.29) is 0 Å². The molecule has 0 saturated carbocycles. The maximum Gasteiger partial charge on any atom is 0.137 e. The van der Waals surface area contributed by atoms with E-state index < -0.39 is 0 Å². The summed E-state index contributed by atoms with van der Waals surface area (Å²) in [5.41, 5.74) is 0. The number of rotatable bonds is 6. The first-order chi connectivity index (χ1) is 7.24. The molecule has 0 aromatic heterocycles. The summed E-state index contributed by atoms with van der Waals surface area (Å²) in [5, 5.41) is 0.637. The Morgan fingerprint density at radius 2 is 2.07 bits per heavy atom. The van der Waals surface area contributed by atoms with Gasteiger partial charge in [-0.1, -0.05) is 37.8 Å². The molecule has 1 aromatic carbocycles. The number of thiol groups is 1. The third kappa shape index (κ3) is 4.80. The topological polar surface area (TPSA) is 9.23 Å². The van der Waals surface area contributed by atoms with Crippen LogP contribution in [0.15, 0.2) is 23.1 Å². The Labute approximate surface area is 102 Å². The van der Waals surface area contributed by atoms with Crippen LogP contribution >= 0.6 is 24.2 Å². The molecule has 0 fully saturated rings. The molecule has 15 heavy (non-hydrogen) atoms. The zero-order valence-electron chi connectivity index (χ0n) is 9.00. The number of ether oxygens (including phenoxy) is 1. The lowest BCUT2D eigenvalue weighted by atomic mass is 10.2. The molecule has 0 bridgehead atoms. The van der Waals surface area contributed by atoms with Crippen molar-refractivity contribution in [1.82, 2.24) is 0 Å². The first kappa shape index (κ1) is 12.7. The molecule has 0 heterocycles. The Morgan fingerprint density at radius 1 is 1.27 bits per heavy atom. The molecule has 84 valence electrons. The minimum atomic E-state index is 0.637. The predicted octanol–water partition coefficient (Wildman–Crippen LogP) is 4.59. The summed E-state index contributed by atoms with van der Waals surface area (Å²) in [7, 11) is 0. The van der Waals surface area contributed by atoms with Gasteiger partial charge in [0, 0.05) is 4.90 Å². The van der Waals surface area contributed by atoms with Gasteiger partial charge in [0.2, 0.25) is 0 Å². The lowest BCUT2D eigenvalue weighted by molar-refractivity contribution is 0.305. The Morgan fingerprint density at radius 3 is 2.73 bits per heavy atom. The van der Waals surface area contributed by atoms with Crippen molar-refractivity contribution in [3.05, 3.63) is 23.2 Å².